The summed E-state index contributed by atoms with van der Waals surface area (Å²) in [5.41, 5.74) is 3.18. The van der Waals surface area contributed by atoms with E-state index in [2.05, 4.69) is 15.3 Å². The molecule has 25 heavy (non-hydrogen) atoms. The second-order valence-electron chi connectivity index (χ2n) is 6.27. The Morgan fingerprint density at radius 2 is 2.12 bits per heavy atom. The van der Waals surface area contributed by atoms with Crippen LogP contribution in [0, 0.1) is 5.92 Å². The molecule has 0 unspecified atom stereocenters. The Kier molecular flexibility index (Phi) is 4.76. The minimum Gasteiger partial charge on any atom is -0.476 e. The number of benzene rings is 1. The summed E-state index contributed by atoms with van der Waals surface area (Å²) in [4.78, 5) is 13.5. The van der Waals surface area contributed by atoms with Gasteiger partial charge in [0.1, 0.15) is 0 Å². The Bertz CT molecular complexity index is 880. The van der Waals surface area contributed by atoms with E-state index in [4.69, 9.17) is 21.3 Å². The monoisotopic (exact) mass is 354 g/mol. The van der Waals surface area contributed by atoms with Gasteiger partial charge >= 0.3 is 0 Å². The molecule has 1 aliphatic heterocycles. The van der Waals surface area contributed by atoms with Gasteiger partial charge in [-0.3, -0.25) is 4.98 Å². The van der Waals surface area contributed by atoms with Gasteiger partial charge in [-0.25, -0.2) is 9.97 Å². The summed E-state index contributed by atoms with van der Waals surface area (Å²) in [5, 5.41) is 4.08. The summed E-state index contributed by atoms with van der Waals surface area (Å²) in [5.74, 6) is 1.03. The van der Waals surface area contributed by atoms with Crippen molar-refractivity contribution in [2.75, 3.05) is 19.7 Å². The minimum atomic E-state index is 0.497. The Morgan fingerprint density at radius 1 is 1.20 bits per heavy atom. The van der Waals surface area contributed by atoms with E-state index in [1.165, 1.54) is 12.8 Å². The molecule has 0 bridgehead atoms. The molecule has 1 fully saturated rings. The van der Waals surface area contributed by atoms with Crippen molar-refractivity contribution in [1.82, 2.24) is 20.3 Å². The molecule has 128 valence electrons. The number of aromatic nitrogens is 3. The lowest BCUT2D eigenvalue weighted by Gasteiger charge is -2.22. The van der Waals surface area contributed by atoms with Crippen molar-refractivity contribution in [3.05, 3.63) is 47.7 Å². The highest BCUT2D eigenvalue weighted by molar-refractivity contribution is 6.30. The predicted octanol–water partition coefficient (Wildman–Crippen LogP) is 3.72. The number of ether oxygens (including phenoxy) is 1. The normalized spacial score (nSPS) is 17.6. The molecule has 1 N–H and O–H groups in total. The molecule has 0 radical (unpaired) electrons. The second kappa shape index (κ2) is 7.33. The summed E-state index contributed by atoms with van der Waals surface area (Å²) < 4.78 is 6.06. The molecule has 5 nitrogen and oxygen atoms in total. The standard InChI is InChI=1S/C19H19ClN4O/c20-15-5-1-4-14(9-15)16-10-17-18(23-8-7-22-17)19(24-16)25-12-13-3-2-6-21-11-13/h1,4-5,7-10,13,21H,2-3,6,11-12H2/t13-/m0/s1. The van der Waals surface area contributed by atoms with Crippen molar-refractivity contribution in [1.29, 1.82) is 0 Å². The van der Waals surface area contributed by atoms with E-state index in [1.807, 2.05) is 30.3 Å². The van der Waals surface area contributed by atoms with Crippen LogP contribution >= 0.6 is 11.6 Å². The van der Waals surface area contributed by atoms with Gasteiger partial charge < -0.3 is 10.1 Å². The molecule has 0 saturated carbocycles. The van der Waals surface area contributed by atoms with E-state index in [9.17, 15) is 0 Å². The van der Waals surface area contributed by atoms with Crippen LogP contribution in [-0.4, -0.2) is 34.6 Å². The molecule has 1 aromatic carbocycles. The maximum absolute atomic E-state index is 6.12. The summed E-state index contributed by atoms with van der Waals surface area (Å²) in [6.07, 6.45) is 5.70. The zero-order valence-electron chi connectivity index (χ0n) is 13.8. The molecule has 1 atom stereocenters. The first-order chi connectivity index (χ1) is 12.3. The average molecular weight is 355 g/mol. The van der Waals surface area contributed by atoms with E-state index in [-0.39, 0.29) is 0 Å². The number of pyridine rings is 1. The molecular weight excluding hydrogens is 336 g/mol. The molecule has 6 heteroatoms. The number of fused-ring (bicyclic) bond motifs is 1. The molecule has 0 aliphatic carbocycles. The van der Waals surface area contributed by atoms with E-state index < -0.39 is 0 Å². The van der Waals surface area contributed by atoms with Gasteiger partial charge in [0.15, 0.2) is 5.52 Å². The fourth-order valence-electron chi connectivity index (χ4n) is 3.10. The van der Waals surface area contributed by atoms with E-state index >= 15 is 0 Å². The smallest absolute Gasteiger partial charge is 0.242 e. The fraction of sp³-hybridized carbons (Fsp3) is 0.316. The third-order valence-corrected chi connectivity index (χ3v) is 4.63. The van der Waals surface area contributed by atoms with Crippen molar-refractivity contribution in [2.24, 2.45) is 5.92 Å². The lowest BCUT2D eigenvalue weighted by atomic mass is 10.0. The zero-order chi connectivity index (χ0) is 17.1. The summed E-state index contributed by atoms with van der Waals surface area (Å²) >= 11 is 6.12. The van der Waals surface area contributed by atoms with Gasteiger partial charge in [0, 0.05) is 35.4 Å². The quantitative estimate of drug-likeness (QED) is 0.773. The van der Waals surface area contributed by atoms with Crippen LogP contribution in [0.1, 0.15) is 12.8 Å². The third-order valence-electron chi connectivity index (χ3n) is 4.40. The maximum atomic E-state index is 6.12. The topological polar surface area (TPSA) is 59.9 Å². The van der Waals surface area contributed by atoms with Crippen LogP contribution in [0.5, 0.6) is 5.88 Å². The average Bonchev–Trinajstić information content (AvgIpc) is 2.67. The van der Waals surface area contributed by atoms with Crippen molar-refractivity contribution >= 4 is 22.6 Å². The molecular formula is C19H19ClN4O. The Morgan fingerprint density at radius 3 is 2.96 bits per heavy atom. The van der Waals surface area contributed by atoms with Crippen LogP contribution < -0.4 is 10.1 Å². The molecule has 1 saturated heterocycles. The van der Waals surface area contributed by atoms with Crippen LogP contribution in [0.2, 0.25) is 5.02 Å². The first-order valence-corrected chi connectivity index (χ1v) is 8.88. The van der Waals surface area contributed by atoms with Crippen molar-refractivity contribution in [3.8, 4) is 17.1 Å². The van der Waals surface area contributed by atoms with E-state index in [0.29, 0.717) is 28.9 Å². The molecule has 1 aliphatic rings. The predicted molar refractivity (Wildman–Crippen MR) is 98.9 cm³/mol. The lowest BCUT2D eigenvalue weighted by molar-refractivity contribution is 0.214. The highest BCUT2D eigenvalue weighted by Crippen LogP contribution is 2.28. The van der Waals surface area contributed by atoms with Crippen molar-refractivity contribution < 1.29 is 4.74 Å². The Balaban J connectivity index is 1.68. The van der Waals surface area contributed by atoms with Gasteiger partial charge in [0.2, 0.25) is 5.88 Å². The number of hydrogen-bond donors (Lipinski definition) is 1. The number of nitrogens with one attached hydrogen (secondary N) is 1. The maximum Gasteiger partial charge on any atom is 0.242 e. The van der Waals surface area contributed by atoms with Crippen LogP contribution in [0.3, 0.4) is 0 Å². The van der Waals surface area contributed by atoms with Gasteiger partial charge in [0.05, 0.1) is 17.8 Å². The Hall–Kier alpha value is -2.24. The molecule has 2 aromatic heterocycles. The number of halogens is 1. The van der Waals surface area contributed by atoms with Gasteiger partial charge in [-0.1, -0.05) is 23.7 Å². The molecule has 3 heterocycles. The van der Waals surface area contributed by atoms with Gasteiger partial charge in [-0.2, -0.15) is 0 Å². The number of hydrogen-bond acceptors (Lipinski definition) is 5. The van der Waals surface area contributed by atoms with Crippen LogP contribution in [-0.2, 0) is 0 Å². The Labute approximate surface area is 151 Å². The second-order valence-corrected chi connectivity index (χ2v) is 6.71. The third kappa shape index (κ3) is 3.72. The summed E-state index contributed by atoms with van der Waals surface area (Å²) in [6.45, 7) is 2.70. The van der Waals surface area contributed by atoms with Gasteiger partial charge in [0.25, 0.3) is 0 Å². The largest absolute Gasteiger partial charge is 0.476 e. The minimum absolute atomic E-state index is 0.497. The molecule has 4 rings (SSSR count). The molecule has 3 aromatic rings. The number of piperidine rings is 1. The van der Waals surface area contributed by atoms with Gasteiger partial charge in [-0.05, 0) is 37.6 Å². The molecule has 0 amide bonds. The van der Waals surface area contributed by atoms with Crippen molar-refractivity contribution in [3.63, 3.8) is 0 Å². The highest BCUT2D eigenvalue weighted by atomic mass is 35.5. The van der Waals surface area contributed by atoms with Gasteiger partial charge in [-0.15, -0.1) is 0 Å². The van der Waals surface area contributed by atoms with E-state index in [0.717, 1.165) is 29.9 Å². The van der Waals surface area contributed by atoms with Crippen molar-refractivity contribution in [2.45, 2.75) is 12.8 Å². The van der Waals surface area contributed by atoms with E-state index in [1.54, 1.807) is 12.4 Å². The fourth-order valence-corrected chi connectivity index (χ4v) is 3.29. The van der Waals surface area contributed by atoms with Crippen LogP contribution in [0.4, 0.5) is 0 Å². The summed E-state index contributed by atoms with van der Waals surface area (Å²) in [7, 11) is 0. The first-order valence-electron chi connectivity index (χ1n) is 8.51. The first kappa shape index (κ1) is 16.2. The van der Waals surface area contributed by atoms with Crippen LogP contribution in [0.25, 0.3) is 22.3 Å². The molecule has 0 spiro atoms. The zero-order valence-corrected chi connectivity index (χ0v) is 14.5. The lowest BCUT2D eigenvalue weighted by Crippen LogP contribution is -2.33. The number of nitrogens with zero attached hydrogens (tertiary/aromatic N) is 3. The van der Waals surface area contributed by atoms with Crippen LogP contribution in [0.15, 0.2) is 42.7 Å². The summed E-state index contributed by atoms with van der Waals surface area (Å²) in [6, 6.07) is 9.54. The number of rotatable bonds is 4. The highest BCUT2D eigenvalue weighted by Gasteiger charge is 2.16. The SMILES string of the molecule is Clc1cccc(-c2cc3nccnc3c(OC[C@H]3CCCNC3)n2)c1.